The quantitative estimate of drug-likeness (QED) is 0.766. The Morgan fingerprint density at radius 3 is 2.30 bits per heavy atom. The van der Waals surface area contributed by atoms with Gasteiger partial charge in [-0.3, -0.25) is 4.79 Å². The van der Waals surface area contributed by atoms with Gasteiger partial charge in [0.15, 0.2) is 5.78 Å². The molecule has 0 radical (unpaired) electrons. The van der Waals surface area contributed by atoms with Gasteiger partial charge in [-0.25, -0.2) is 8.78 Å². The van der Waals surface area contributed by atoms with Crippen molar-refractivity contribution >= 4 is 5.78 Å². The Hall–Kier alpha value is -2.03. The van der Waals surface area contributed by atoms with Crippen LogP contribution in [0, 0.1) is 18.6 Å². The van der Waals surface area contributed by atoms with Crippen molar-refractivity contribution in [3.05, 3.63) is 70.8 Å². The maximum absolute atomic E-state index is 14.1. The lowest BCUT2D eigenvalue weighted by Gasteiger charge is -2.16. The van der Waals surface area contributed by atoms with Crippen LogP contribution in [-0.2, 0) is 5.41 Å². The normalized spacial score (nSPS) is 15.9. The number of hydrogen-bond donors (Lipinski definition) is 0. The van der Waals surface area contributed by atoms with Crippen molar-refractivity contribution in [1.29, 1.82) is 0 Å². The average molecular weight is 272 g/mol. The van der Waals surface area contributed by atoms with E-state index in [4.69, 9.17) is 0 Å². The molecule has 2 aromatic rings. The molecule has 102 valence electrons. The van der Waals surface area contributed by atoms with Gasteiger partial charge in [-0.2, -0.15) is 0 Å². The topological polar surface area (TPSA) is 17.1 Å². The number of ketones is 1. The minimum absolute atomic E-state index is 0.290. The van der Waals surface area contributed by atoms with Crippen LogP contribution in [0.4, 0.5) is 8.78 Å². The van der Waals surface area contributed by atoms with E-state index in [9.17, 15) is 13.6 Å². The molecular weight excluding hydrogens is 258 g/mol. The van der Waals surface area contributed by atoms with Gasteiger partial charge in [0.2, 0.25) is 0 Å². The first-order valence-electron chi connectivity index (χ1n) is 6.61. The molecule has 0 bridgehead atoms. The highest BCUT2D eigenvalue weighted by molar-refractivity contribution is 6.06. The zero-order valence-electron chi connectivity index (χ0n) is 11.1. The SMILES string of the molecule is Cc1ccc(F)c(C(=O)C2(c3ccccc3)CC2)c1F. The Labute approximate surface area is 116 Å². The van der Waals surface area contributed by atoms with E-state index >= 15 is 0 Å². The van der Waals surface area contributed by atoms with Gasteiger partial charge >= 0.3 is 0 Å². The number of rotatable bonds is 3. The molecule has 0 N–H and O–H groups in total. The molecule has 0 amide bonds. The van der Waals surface area contributed by atoms with Gasteiger partial charge in [-0.15, -0.1) is 0 Å². The van der Waals surface area contributed by atoms with E-state index in [0.717, 1.165) is 11.6 Å². The molecule has 1 nitrogen and oxygen atoms in total. The van der Waals surface area contributed by atoms with Crippen LogP contribution in [0.2, 0.25) is 0 Å². The van der Waals surface area contributed by atoms with Gasteiger partial charge in [0, 0.05) is 0 Å². The third-order valence-corrected chi connectivity index (χ3v) is 4.02. The molecule has 1 fully saturated rings. The molecule has 0 saturated heterocycles. The predicted molar refractivity (Wildman–Crippen MR) is 72.8 cm³/mol. The van der Waals surface area contributed by atoms with E-state index in [-0.39, 0.29) is 0 Å². The molecule has 2 aromatic carbocycles. The fourth-order valence-electron chi connectivity index (χ4n) is 2.63. The Morgan fingerprint density at radius 2 is 1.70 bits per heavy atom. The van der Waals surface area contributed by atoms with Crippen molar-refractivity contribution in [2.75, 3.05) is 0 Å². The largest absolute Gasteiger partial charge is 0.293 e. The van der Waals surface area contributed by atoms with Gasteiger partial charge < -0.3 is 0 Å². The van der Waals surface area contributed by atoms with Gasteiger partial charge in [0.05, 0.1) is 11.0 Å². The number of hydrogen-bond acceptors (Lipinski definition) is 1. The molecule has 0 aliphatic heterocycles. The van der Waals surface area contributed by atoms with E-state index in [2.05, 4.69) is 0 Å². The number of carbonyl (C=O) groups is 1. The molecule has 0 unspecified atom stereocenters. The number of Topliss-reactive ketones (excluding diaryl/α,β-unsaturated/α-hetero) is 1. The van der Waals surface area contributed by atoms with E-state index in [1.165, 1.54) is 13.0 Å². The first kappa shape index (κ1) is 13.0. The second kappa shape index (κ2) is 4.51. The highest BCUT2D eigenvalue weighted by Crippen LogP contribution is 2.51. The van der Waals surface area contributed by atoms with Crippen molar-refractivity contribution in [2.24, 2.45) is 0 Å². The summed E-state index contributed by atoms with van der Waals surface area (Å²) in [5, 5.41) is 0. The van der Waals surface area contributed by atoms with Crippen LogP contribution in [0.5, 0.6) is 0 Å². The van der Waals surface area contributed by atoms with Crippen molar-refractivity contribution in [2.45, 2.75) is 25.2 Å². The smallest absolute Gasteiger partial charge is 0.179 e. The fourth-order valence-corrected chi connectivity index (χ4v) is 2.63. The number of halogens is 2. The average Bonchev–Trinajstić information content (AvgIpc) is 3.26. The second-order valence-electron chi connectivity index (χ2n) is 5.33. The summed E-state index contributed by atoms with van der Waals surface area (Å²) in [7, 11) is 0. The van der Waals surface area contributed by atoms with Crippen molar-refractivity contribution in [1.82, 2.24) is 0 Å². The van der Waals surface area contributed by atoms with Gasteiger partial charge in [0.1, 0.15) is 11.6 Å². The Balaban J connectivity index is 2.09. The van der Waals surface area contributed by atoms with Crippen LogP contribution in [0.1, 0.15) is 34.3 Å². The van der Waals surface area contributed by atoms with Crippen LogP contribution >= 0.6 is 0 Å². The highest BCUT2D eigenvalue weighted by atomic mass is 19.1. The lowest BCUT2D eigenvalue weighted by molar-refractivity contribution is 0.0937. The summed E-state index contributed by atoms with van der Waals surface area (Å²) < 4.78 is 28.0. The third-order valence-electron chi connectivity index (χ3n) is 4.02. The molecule has 1 aliphatic carbocycles. The molecule has 3 heteroatoms. The monoisotopic (exact) mass is 272 g/mol. The minimum Gasteiger partial charge on any atom is -0.293 e. The first-order chi connectivity index (χ1) is 9.56. The third kappa shape index (κ3) is 1.85. The van der Waals surface area contributed by atoms with Crippen molar-refractivity contribution in [3.8, 4) is 0 Å². The summed E-state index contributed by atoms with van der Waals surface area (Å²) in [6.07, 6.45) is 1.28. The second-order valence-corrected chi connectivity index (χ2v) is 5.33. The molecule has 0 atom stereocenters. The van der Waals surface area contributed by atoms with Gasteiger partial charge in [-0.1, -0.05) is 36.4 Å². The molecule has 0 heterocycles. The summed E-state index contributed by atoms with van der Waals surface area (Å²) in [6.45, 7) is 1.54. The fraction of sp³-hybridized carbons (Fsp3) is 0.235. The molecule has 0 aromatic heterocycles. The molecule has 1 aliphatic rings. The van der Waals surface area contributed by atoms with Crippen LogP contribution in [-0.4, -0.2) is 5.78 Å². The van der Waals surface area contributed by atoms with E-state index in [0.29, 0.717) is 18.4 Å². The zero-order chi connectivity index (χ0) is 14.3. The van der Waals surface area contributed by atoms with Crippen molar-refractivity contribution < 1.29 is 13.6 Å². The molecule has 3 rings (SSSR count). The number of benzene rings is 2. The molecule has 20 heavy (non-hydrogen) atoms. The summed E-state index contributed by atoms with van der Waals surface area (Å²) in [4.78, 5) is 12.6. The van der Waals surface area contributed by atoms with Gasteiger partial charge in [-0.05, 0) is 37.0 Å². The van der Waals surface area contributed by atoms with Crippen LogP contribution in [0.15, 0.2) is 42.5 Å². The highest BCUT2D eigenvalue weighted by Gasteiger charge is 2.52. The lowest BCUT2D eigenvalue weighted by Crippen LogP contribution is -2.23. The molecular formula is C17H14F2O. The molecule has 1 saturated carbocycles. The summed E-state index contributed by atoms with van der Waals surface area (Å²) in [5.41, 5.74) is -0.00762. The van der Waals surface area contributed by atoms with Crippen molar-refractivity contribution in [3.63, 3.8) is 0 Å². The van der Waals surface area contributed by atoms with E-state index in [1.54, 1.807) is 0 Å². The van der Waals surface area contributed by atoms with Crippen LogP contribution in [0.3, 0.4) is 0 Å². The minimum atomic E-state index is -0.777. The van der Waals surface area contributed by atoms with Crippen LogP contribution in [0.25, 0.3) is 0 Å². The van der Waals surface area contributed by atoms with Crippen LogP contribution < -0.4 is 0 Å². The zero-order valence-corrected chi connectivity index (χ0v) is 11.1. The summed E-state index contributed by atoms with van der Waals surface area (Å²) >= 11 is 0. The summed E-state index contributed by atoms with van der Waals surface area (Å²) in [6, 6.07) is 11.7. The Kier molecular flexibility index (Phi) is 2.93. The Morgan fingerprint density at radius 1 is 1.05 bits per heavy atom. The van der Waals surface area contributed by atoms with E-state index in [1.807, 2.05) is 30.3 Å². The number of aryl methyl sites for hydroxylation is 1. The molecule has 0 spiro atoms. The lowest BCUT2D eigenvalue weighted by atomic mass is 9.86. The Bertz CT molecular complexity index is 673. The predicted octanol–water partition coefficient (Wildman–Crippen LogP) is 4.19. The first-order valence-corrected chi connectivity index (χ1v) is 6.61. The van der Waals surface area contributed by atoms with E-state index < -0.39 is 28.4 Å². The van der Waals surface area contributed by atoms with Gasteiger partial charge in [0.25, 0.3) is 0 Å². The maximum Gasteiger partial charge on any atom is 0.179 e. The maximum atomic E-state index is 14.1. The summed E-state index contributed by atoms with van der Waals surface area (Å²) in [5.74, 6) is -1.96. The standard InChI is InChI=1S/C17H14F2O/c1-11-7-8-13(18)14(15(11)19)16(20)17(9-10-17)12-5-3-2-4-6-12/h2-8H,9-10H2,1H3. The number of carbonyl (C=O) groups excluding carboxylic acids is 1.